The number of carbonyl (C=O) groups excluding carboxylic acids is 1. The van der Waals surface area contributed by atoms with E-state index in [9.17, 15) is 4.79 Å². The van der Waals surface area contributed by atoms with Crippen molar-refractivity contribution in [3.05, 3.63) is 59.7 Å². The summed E-state index contributed by atoms with van der Waals surface area (Å²) in [5, 5.41) is 3.01. The molecule has 7 heteroatoms. The van der Waals surface area contributed by atoms with E-state index in [1.807, 2.05) is 56.3 Å². The van der Waals surface area contributed by atoms with Gasteiger partial charge in [0.25, 0.3) is 0 Å². The van der Waals surface area contributed by atoms with E-state index in [4.69, 9.17) is 4.74 Å². The highest BCUT2D eigenvalue weighted by atomic mass is 16.5. The predicted molar refractivity (Wildman–Crippen MR) is 101 cm³/mol. The highest BCUT2D eigenvalue weighted by molar-refractivity contribution is 5.94. The quantitative estimate of drug-likeness (QED) is 0.519. The van der Waals surface area contributed by atoms with Crippen LogP contribution in [0.25, 0.3) is 0 Å². The Morgan fingerprint density at radius 3 is 2.65 bits per heavy atom. The van der Waals surface area contributed by atoms with Crippen LogP contribution >= 0.6 is 0 Å². The number of anilines is 1. The molecule has 1 aliphatic rings. The summed E-state index contributed by atoms with van der Waals surface area (Å²) in [5.41, 5.74) is 14.6. The molecule has 0 spiro atoms. The van der Waals surface area contributed by atoms with Gasteiger partial charge in [-0.2, -0.15) is 11.1 Å². The second-order valence-corrected chi connectivity index (χ2v) is 6.23. The van der Waals surface area contributed by atoms with Gasteiger partial charge in [0.05, 0.1) is 24.4 Å². The van der Waals surface area contributed by atoms with Crippen molar-refractivity contribution in [1.29, 1.82) is 0 Å². The van der Waals surface area contributed by atoms with Crippen molar-refractivity contribution in [2.75, 3.05) is 11.9 Å². The summed E-state index contributed by atoms with van der Waals surface area (Å²) < 4.78 is 5.61. The van der Waals surface area contributed by atoms with Crippen LogP contribution in [0.5, 0.6) is 5.75 Å². The van der Waals surface area contributed by atoms with Gasteiger partial charge in [-0.15, -0.1) is 0 Å². The lowest BCUT2D eigenvalue weighted by atomic mass is 9.94. The molecule has 138 valence electrons. The molecule has 0 aliphatic carbocycles. The van der Waals surface area contributed by atoms with Crippen molar-refractivity contribution in [3.63, 3.8) is 0 Å². The predicted octanol–water partition coefficient (Wildman–Crippen LogP) is 1.63. The van der Waals surface area contributed by atoms with Crippen molar-refractivity contribution in [3.8, 4) is 5.75 Å². The fourth-order valence-electron chi connectivity index (χ4n) is 3.00. The number of hydrogen-bond donors (Lipinski definition) is 5. The number of amides is 1. The fraction of sp³-hybridized carbons (Fsp3) is 0.316. The molecule has 1 amide bonds. The van der Waals surface area contributed by atoms with Crippen molar-refractivity contribution in [2.24, 2.45) is 5.92 Å². The highest BCUT2D eigenvalue weighted by Gasteiger charge is 2.31. The Balaban J connectivity index is 1.79. The number of benzene rings is 2. The summed E-state index contributed by atoms with van der Waals surface area (Å²) in [7, 11) is 0. The Morgan fingerprint density at radius 1 is 1.15 bits per heavy atom. The SMILES string of the molecule is CCOc1ccccc1NC(=O)C(Cc1cccc(C)c1)C1NNNN1. The van der Waals surface area contributed by atoms with Crippen LogP contribution in [0.15, 0.2) is 48.5 Å². The smallest absolute Gasteiger partial charge is 0.230 e. The summed E-state index contributed by atoms with van der Waals surface area (Å²) in [5.74, 6) is 0.240. The second-order valence-electron chi connectivity index (χ2n) is 6.23. The molecule has 3 rings (SSSR count). The number of rotatable bonds is 7. The number of hydrogen-bond acceptors (Lipinski definition) is 6. The summed E-state index contributed by atoms with van der Waals surface area (Å²) in [6.07, 6.45) is 0.341. The molecule has 2 aromatic carbocycles. The van der Waals surface area contributed by atoms with Crippen LogP contribution in [-0.2, 0) is 11.2 Å². The summed E-state index contributed by atoms with van der Waals surface area (Å²) >= 11 is 0. The van der Waals surface area contributed by atoms with E-state index in [0.717, 1.165) is 5.56 Å². The van der Waals surface area contributed by atoms with Gasteiger partial charge in [0.1, 0.15) is 5.75 Å². The topological polar surface area (TPSA) is 86.5 Å². The molecule has 1 heterocycles. The molecule has 5 N–H and O–H groups in total. The summed E-state index contributed by atoms with van der Waals surface area (Å²) in [6, 6.07) is 15.7. The minimum Gasteiger partial charge on any atom is -0.492 e. The Hall–Kier alpha value is -2.45. The zero-order valence-electron chi connectivity index (χ0n) is 15.0. The van der Waals surface area contributed by atoms with E-state index >= 15 is 0 Å². The van der Waals surface area contributed by atoms with Gasteiger partial charge in [-0.3, -0.25) is 4.79 Å². The molecule has 1 saturated heterocycles. The summed E-state index contributed by atoms with van der Waals surface area (Å²) in [6.45, 7) is 4.51. The maximum absolute atomic E-state index is 13.0. The molecule has 0 aromatic heterocycles. The molecular weight excluding hydrogens is 330 g/mol. The molecule has 1 atom stereocenters. The highest BCUT2D eigenvalue weighted by Crippen LogP contribution is 2.25. The van der Waals surface area contributed by atoms with Gasteiger partial charge >= 0.3 is 0 Å². The van der Waals surface area contributed by atoms with Crippen molar-refractivity contribution >= 4 is 11.6 Å². The maximum Gasteiger partial charge on any atom is 0.230 e. The van der Waals surface area contributed by atoms with Gasteiger partial charge < -0.3 is 10.1 Å². The number of aryl methyl sites for hydroxylation is 1. The van der Waals surface area contributed by atoms with Gasteiger partial charge in [0, 0.05) is 0 Å². The molecule has 26 heavy (non-hydrogen) atoms. The summed E-state index contributed by atoms with van der Waals surface area (Å²) in [4.78, 5) is 13.0. The first-order valence-electron chi connectivity index (χ1n) is 8.76. The van der Waals surface area contributed by atoms with Crippen LogP contribution < -0.4 is 32.0 Å². The minimum absolute atomic E-state index is 0.0887. The van der Waals surface area contributed by atoms with Crippen LogP contribution in [0, 0.1) is 12.8 Å². The van der Waals surface area contributed by atoms with Crippen LogP contribution in [0.3, 0.4) is 0 Å². The van der Waals surface area contributed by atoms with Gasteiger partial charge in [-0.1, -0.05) is 42.0 Å². The third kappa shape index (κ3) is 4.59. The molecule has 0 radical (unpaired) electrons. The zero-order chi connectivity index (χ0) is 18.4. The van der Waals surface area contributed by atoms with Crippen molar-refractivity contribution < 1.29 is 9.53 Å². The Bertz CT molecular complexity index is 746. The average Bonchev–Trinajstić information content (AvgIpc) is 3.16. The standard InChI is InChI=1S/C19H25N5O2/c1-3-26-17-10-5-4-9-16(17)20-19(25)15(18-21-23-24-22-18)12-14-8-6-7-13(2)11-14/h4-11,15,18,21-24H,3,12H2,1-2H3,(H,20,25). The maximum atomic E-state index is 13.0. The minimum atomic E-state index is -0.339. The van der Waals surface area contributed by atoms with Crippen LogP contribution in [0.2, 0.25) is 0 Å². The monoisotopic (exact) mass is 355 g/mol. The third-order valence-corrected chi connectivity index (χ3v) is 4.24. The molecule has 1 aliphatic heterocycles. The lowest BCUT2D eigenvalue weighted by Gasteiger charge is -2.23. The fourth-order valence-corrected chi connectivity index (χ4v) is 3.00. The lowest BCUT2D eigenvalue weighted by Crippen LogP contribution is -2.47. The van der Waals surface area contributed by atoms with E-state index in [-0.39, 0.29) is 18.0 Å². The first-order valence-corrected chi connectivity index (χ1v) is 8.76. The van der Waals surface area contributed by atoms with Gasteiger partial charge in [0.15, 0.2) is 0 Å². The van der Waals surface area contributed by atoms with Crippen molar-refractivity contribution in [2.45, 2.75) is 26.4 Å². The number of ether oxygens (including phenoxy) is 1. The first kappa shape index (κ1) is 18.3. The Labute approximate surface area is 153 Å². The van der Waals surface area contributed by atoms with E-state index in [2.05, 4.69) is 33.3 Å². The van der Waals surface area contributed by atoms with E-state index < -0.39 is 0 Å². The van der Waals surface area contributed by atoms with Crippen LogP contribution in [-0.4, -0.2) is 18.7 Å². The second kappa shape index (κ2) is 8.77. The lowest BCUT2D eigenvalue weighted by molar-refractivity contribution is -0.120. The van der Waals surface area contributed by atoms with Crippen LogP contribution in [0.4, 0.5) is 5.69 Å². The number of para-hydroxylation sites is 2. The molecule has 1 fully saturated rings. The van der Waals surface area contributed by atoms with Gasteiger partial charge in [-0.25, -0.2) is 10.9 Å². The van der Waals surface area contributed by atoms with Crippen molar-refractivity contribution in [1.82, 2.24) is 21.9 Å². The normalized spacial score (nSPS) is 15.6. The first-order chi connectivity index (χ1) is 12.7. The molecular formula is C19H25N5O2. The number of carbonyl (C=O) groups is 1. The zero-order valence-corrected chi connectivity index (χ0v) is 15.0. The Morgan fingerprint density at radius 2 is 1.92 bits per heavy atom. The largest absolute Gasteiger partial charge is 0.492 e. The molecule has 0 bridgehead atoms. The van der Waals surface area contributed by atoms with E-state index in [1.165, 1.54) is 5.56 Å². The molecule has 2 aromatic rings. The number of hydrazine groups is 3. The van der Waals surface area contributed by atoms with E-state index in [0.29, 0.717) is 24.5 Å². The number of nitrogens with one attached hydrogen (secondary N) is 5. The van der Waals surface area contributed by atoms with E-state index in [1.54, 1.807) is 0 Å². The molecule has 7 nitrogen and oxygen atoms in total. The third-order valence-electron chi connectivity index (χ3n) is 4.24. The van der Waals surface area contributed by atoms with Crippen LogP contribution in [0.1, 0.15) is 18.1 Å². The molecule has 0 saturated carbocycles. The molecule has 1 unspecified atom stereocenters. The average molecular weight is 355 g/mol. The van der Waals surface area contributed by atoms with Gasteiger partial charge in [-0.05, 0) is 38.0 Å². The Kier molecular flexibility index (Phi) is 6.19. The van der Waals surface area contributed by atoms with Gasteiger partial charge in [0.2, 0.25) is 5.91 Å².